The van der Waals surface area contributed by atoms with Crippen LogP contribution in [-0.2, 0) is 14.1 Å². The summed E-state index contributed by atoms with van der Waals surface area (Å²) >= 11 is 1.61. The second kappa shape index (κ2) is 4.83. The largest absolute Gasteiger partial charge is 0.408 e. The van der Waals surface area contributed by atoms with Crippen molar-refractivity contribution >= 4 is 33.1 Å². The van der Waals surface area contributed by atoms with Gasteiger partial charge in [0.1, 0.15) is 11.4 Å². The third-order valence-corrected chi connectivity index (χ3v) is 4.78. The lowest BCUT2D eigenvalue weighted by atomic mass is 10.2. The standard InChI is InChI=1S/C15H17N4S/c1-10-9-20-15(18(10)3)17-16-14-11(2)19(4)13-8-6-5-7-12(13)14/h5-9H,1-4H3/q+1. The lowest BCUT2D eigenvalue weighted by Gasteiger charge is -1.96. The highest BCUT2D eigenvalue weighted by molar-refractivity contribution is 7.12. The van der Waals surface area contributed by atoms with E-state index in [-0.39, 0.29) is 0 Å². The number of hydrogen-bond acceptors (Lipinski definition) is 3. The van der Waals surface area contributed by atoms with Crippen LogP contribution in [0.15, 0.2) is 39.9 Å². The molecule has 3 aromatic rings. The van der Waals surface area contributed by atoms with Crippen molar-refractivity contribution in [3.8, 4) is 0 Å². The van der Waals surface area contributed by atoms with Gasteiger partial charge in [-0.1, -0.05) is 18.2 Å². The molecule has 3 rings (SSSR count). The van der Waals surface area contributed by atoms with Gasteiger partial charge in [0.15, 0.2) is 0 Å². The minimum Gasteiger partial charge on any atom is -0.346 e. The number of nitrogens with zero attached hydrogens (tertiary/aromatic N) is 4. The maximum Gasteiger partial charge on any atom is 0.408 e. The molecular weight excluding hydrogens is 268 g/mol. The number of rotatable bonds is 2. The molecule has 0 unspecified atom stereocenters. The van der Waals surface area contributed by atoms with Crippen molar-refractivity contribution in [2.75, 3.05) is 0 Å². The maximum atomic E-state index is 4.49. The van der Waals surface area contributed by atoms with Crippen LogP contribution in [0.3, 0.4) is 0 Å². The molecular formula is C15H17N4S+. The van der Waals surface area contributed by atoms with Crippen molar-refractivity contribution in [3.05, 3.63) is 41.0 Å². The Balaban J connectivity index is 2.11. The molecule has 0 spiro atoms. The smallest absolute Gasteiger partial charge is 0.346 e. The third-order valence-electron chi connectivity index (χ3n) is 3.75. The number of aromatic nitrogens is 2. The van der Waals surface area contributed by atoms with Crippen LogP contribution in [0.25, 0.3) is 10.9 Å². The van der Waals surface area contributed by atoms with Crippen LogP contribution < -0.4 is 4.57 Å². The second-order valence-corrected chi connectivity index (χ2v) is 5.77. The number of fused-ring (bicyclic) bond motifs is 1. The summed E-state index contributed by atoms with van der Waals surface area (Å²) in [5.74, 6) is 0. The highest BCUT2D eigenvalue weighted by atomic mass is 32.1. The van der Waals surface area contributed by atoms with Gasteiger partial charge in [-0.3, -0.25) is 0 Å². The van der Waals surface area contributed by atoms with Crippen LogP contribution in [-0.4, -0.2) is 4.57 Å². The molecule has 0 fully saturated rings. The van der Waals surface area contributed by atoms with Gasteiger partial charge >= 0.3 is 5.13 Å². The van der Waals surface area contributed by atoms with E-state index in [0.717, 1.165) is 21.9 Å². The fraction of sp³-hybridized carbons (Fsp3) is 0.267. The monoisotopic (exact) mass is 285 g/mol. The van der Waals surface area contributed by atoms with Crippen molar-refractivity contribution in [1.29, 1.82) is 0 Å². The zero-order chi connectivity index (χ0) is 14.3. The van der Waals surface area contributed by atoms with E-state index in [9.17, 15) is 0 Å². The van der Waals surface area contributed by atoms with E-state index in [2.05, 4.69) is 57.8 Å². The molecule has 0 saturated heterocycles. The Morgan fingerprint density at radius 2 is 1.90 bits per heavy atom. The molecule has 1 aromatic carbocycles. The number of azo groups is 1. The minimum atomic E-state index is 0.912. The molecule has 0 N–H and O–H groups in total. The molecule has 2 aromatic heterocycles. The Morgan fingerprint density at radius 3 is 2.60 bits per heavy atom. The van der Waals surface area contributed by atoms with E-state index >= 15 is 0 Å². The fourth-order valence-electron chi connectivity index (χ4n) is 2.26. The van der Waals surface area contributed by atoms with E-state index in [1.165, 1.54) is 11.2 Å². The predicted molar refractivity (Wildman–Crippen MR) is 82.1 cm³/mol. The van der Waals surface area contributed by atoms with Gasteiger partial charge < -0.3 is 4.57 Å². The van der Waals surface area contributed by atoms with Crippen LogP contribution in [0.2, 0.25) is 0 Å². The molecule has 2 heterocycles. The SMILES string of the molecule is Cc1c(/N=N/c2scc(C)[n+]2C)c2ccccc2n1C. The van der Waals surface area contributed by atoms with E-state index in [4.69, 9.17) is 0 Å². The molecule has 0 aliphatic carbocycles. The van der Waals surface area contributed by atoms with Crippen LogP contribution >= 0.6 is 11.3 Å². The van der Waals surface area contributed by atoms with E-state index in [1.807, 2.05) is 19.2 Å². The number of para-hydroxylation sites is 1. The molecule has 102 valence electrons. The molecule has 20 heavy (non-hydrogen) atoms. The zero-order valence-corrected chi connectivity index (χ0v) is 12.9. The lowest BCUT2D eigenvalue weighted by molar-refractivity contribution is -0.660. The van der Waals surface area contributed by atoms with Crippen molar-refractivity contribution in [2.45, 2.75) is 13.8 Å². The van der Waals surface area contributed by atoms with Crippen molar-refractivity contribution in [1.82, 2.24) is 4.57 Å². The first-order valence-electron chi connectivity index (χ1n) is 6.49. The minimum absolute atomic E-state index is 0.912. The third kappa shape index (κ3) is 1.94. The van der Waals surface area contributed by atoms with Crippen LogP contribution in [0.5, 0.6) is 0 Å². The van der Waals surface area contributed by atoms with Crippen LogP contribution in [0, 0.1) is 13.8 Å². The molecule has 0 atom stereocenters. The Labute approximate surface area is 122 Å². The summed E-state index contributed by atoms with van der Waals surface area (Å²) in [6, 6.07) is 8.29. The fourth-order valence-corrected chi connectivity index (χ4v) is 3.08. The predicted octanol–water partition coefficient (Wildman–Crippen LogP) is 4.10. The van der Waals surface area contributed by atoms with E-state index in [0.29, 0.717) is 0 Å². The molecule has 0 aliphatic rings. The molecule has 5 heteroatoms. The molecule has 0 radical (unpaired) electrons. The number of hydrogen-bond donors (Lipinski definition) is 0. The highest BCUT2D eigenvalue weighted by Gasteiger charge is 2.15. The maximum absolute atomic E-state index is 4.49. The summed E-state index contributed by atoms with van der Waals surface area (Å²) in [7, 11) is 4.07. The summed E-state index contributed by atoms with van der Waals surface area (Å²) < 4.78 is 4.21. The lowest BCUT2D eigenvalue weighted by Crippen LogP contribution is -2.28. The summed E-state index contributed by atoms with van der Waals surface area (Å²) in [5.41, 5.74) is 4.46. The van der Waals surface area contributed by atoms with Gasteiger partial charge in [-0.25, -0.2) is 4.57 Å². The van der Waals surface area contributed by atoms with Gasteiger partial charge in [-0.05, 0) is 36.4 Å². The average molecular weight is 285 g/mol. The van der Waals surface area contributed by atoms with Gasteiger partial charge in [0.2, 0.25) is 0 Å². The molecule has 0 saturated carbocycles. The van der Waals surface area contributed by atoms with Crippen molar-refractivity contribution in [3.63, 3.8) is 0 Å². The normalized spacial score (nSPS) is 11.8. The number of thiazole rings is 1. The quantitative estimate of drug-likeness (QED) is 0.502. The van der Waals surface area contributed by atoms with Crippen molar-refractivity contribution < 1.29 is 4.57 Å². The molecule has 0 aliphatic heterocycles. The highest BCUT2D eigenvalue weighted by Crippen LogP contribution is 2.33. The first-order valence-corrected chi connectivity index (χ1v) is 7.37. The number of aryl methyl sites for hydroxylation is 2. The summed E-state index contributed by atoms with van der Waals surface area (Å²) in [4.78, 5) is 0. The Hall–Kier alpha value is -2.01. The Morgan fingerprint density at radius 1 is 1.15 bits per heavy atom. The van der Waals surface area contributed by atoms with Crippen molar-refractivity contribution in [2.24, 2.45) is 24.3 Å². The Kier molecular flexibility index (Phi) is 3.14. The van der Waals surface area contributed by atoms with Gasteiger partial charge in [-0.2, -0.15) is 0 Å². The molecule has 4 nitrogen and oxygen atoms in total. The van der Waals surface area contributed by atoms with Gasteiger partial charge in [0.05, 0.1) is 17.7 Å². The van der Waals surface area contributed by atoms with Gasteiger partial charge in [0.25, 0.3) is 0 Å². The van der Waals surface area contributed by atoms with Crippen LogP contribution in [0.4, 0.5) is 10.8 Å². The topological polar surface area (TPSA) is 33.5 Å². The Bertz CT molecular complexity index is 811. The summed E-state index contributed by atoms with van der Waals surface area (Å²) in [6.45, 7) is 4.15. The summed E-state index contributed by atoms with van der Waals surface area (Å²) in [5, 5.41) is 13.1. The summed E-state index contributed by atoms with van der Waals surface area (Å²) in [6.07, 6.45) is 0. The van der Waals surface area contributed by atoms with Gasteiger partial charge in [-0.15, -0.1) is 0 Å². The first-order chi connectivity index (χ1) is 9.59. The van der Waals surface area contributed by atoms with E-state index < -0.39 is 0 Å². The average Bonchev–Trinajstić information content (AvgIpc) is 2.90. The second-order valence-electron chi connectivity index (χ2n) is 4.93. The first kappa shape index (κ1) is 13.0. The number of benzene rings is 1. The zero-order valence-electron chi connectivity index (χ0n) is 12.1. The molecule has 0 bridgehead atoms. The van der Waals surface area contributed by atoms with E-state index in [1.54, 1.807) is 11.3 Å². The molecule has 0 amide bonds. The van der Waals surface area contributed by atoms with Gasteiger partial charge in [0, 0.05) is 23.5 Å². The van der Waals surface area contributed by atoms with Crippen LogP contribution in [0.1, 0.15) is 11.4 Å².